The molecule has 106 valence electrons. The molecular formula is C14H20ClNO2S. The van der Waals surface area contributed by atoms with E-state index < -0.39 is 0 Å². The number of carbonyl (C=O) groups excluding carboxylic acids is 1. The third-order valence-corrected chi connectivity index (χ3v) is 3.85. The van der Waals surface area contributed by atoms with Gasteiger partial charge in [-0.1, -0.05) is 39.0 Å². The lowest BCUT2D eigenvalue weighted by Gasteiger charge is -2.27. The molecule has 0 aromatic heterocycles. The van der Waals surface area contributed by atoms with Gasteiger partial charge in [-0.05, 0) is 11.6 Å². The molecule has 0 unspecified atom stereocenters. The van der Waals surface area contributed by atoms with E-state index in [0.29, 0.717) is 6.61 Å². The topological polar surface area (TPSA) is 38.3 Å². The lowest BCUT2D eigenvalue weighted by molar-refractivity contribution is 0.115. The van der Waals surface area contributed by atoms with Crippen LogP contribution < -0.4 is 5.32 Å². The number of rotatable bonds is 2. The Morgan fingerprint density at radius 2 is 2.00 bits per heavy atom. The van der Waals surface area contributed by atoms with Gasteiger partial charge in [0.05, 0.1) is 12.6 Å². The third-order valence-electron chi connectivity index (χ3n) is 2.64. The van der Waals surface area contributed by atoms with E-state index in [2.05, 4.69) is 38.2 Å². The maximum Gasteiger partial charge on any atom is 0.407 e. The average Bonchev–Trinajstić information content (AvgIpc) is 2.27. The molecule has 1 atom stereocenters. The minimum Gasteiger partial charge on any atom is -0.449 e. The molecule has 1 aromatic carbocycles. The van der Waals surface area contributed by atoms with E-state index in [4.69, 9.17) is 4.74 Å². The van der Waals surface area contributed by atoms with E-state index in [1.807, 2.05) is 23.9 Å². The summed E-state index contributed by atoms with van der Waals surface area (Å²) in [5, 5.41) is 2.88. The first-order valence-corrected chi connectivity index (χ1v) is 6.98. The van der Waals surface area contributed by atoms with E-state index in [9.17, 15) is 4.79 Å². The second-order valence-corrected chi connectivity index (χ2v) is 7.24. The Morgan fingerprint density at radius 1 is 1.32 bits per heavy atom. The molecule has 0 saturated carbocycles. The van der Waals surface area contributed by atoms with E-state index in [1.165, 1.54) is 10.5 Å². The van der Waals surface area contributed by atoms with Crippen molar-refractivity contribution < 1.29 is 9.53 Å². The van der Waals surface area contributed by atoms with Gasteiger partial charge in [0, 0.05) is 16.1 Å². The normalized spacial score (nSPS) is 19.1. The van der Waals surface area contributed by atoms with Gasteiger partial charge in [0.2, 0.25) is 0 Å². The molecular weight excluding hydrogens is 282 g/mol. The van der Waals surface area contributed by atoms with Crippen LogP contribution in [0.5, 0.6) is 0 Å². The smallest absolute Gasteiger partial charge is 0.407 e. The van der Waals surface area contributed by atoms with Crippen LogP contribution in [0.1, 0.15) is 38.8 Å². The number of carbonyl (C=O) groups is 1. The first-order chi connectivity index (χ1) is 8.46. The summed E-state index contributed by atoms with van der Waals surface area (Å²) in [6.45, 7) is 7.07. The number of hydrogen-bond donors (Lipinski definition) is 1. The number of nitrogens with one attached hydrogen (secondary N) is 1. The van der Waals surface area contributed by atoms with Crippen LogP contribution in [-0.4, -0.2) is 17.4 Å². The van der Waals surface area contributed by atoms with Gasteiger partial charge in [-0.3, -0.25) is 0 Å². The van der Waals surface area contributed by atoms with Crippen LogP contribution in [0.4, 0.5) is 4.79 Å². The molecule has 1 aliphatic rings. The van der Waals surface area contributed by atoms with Gasteiger partial charge in [-0.2, -0.15) is 0 Å². The highest BCUT2D eigenvalue weighted by atomic mass is 35.5. The highest BCUT2D eigenvalue weighted by Gasteiger charge is 2.24. The number of halogens is 1. The Morgan fingerprint density at radius 3 is 2.63 bits per heavy atom. The summed E-state index contributed by atoms with van der Waals surface area (Å²) in [5.41, 5.74) is 1.19. The van der Waals surface area contributed by atoms with Gasteiger partial charge in [0.1, 0.15) is 0 Å². The standard InChI is InChI=1S/C14H19NO2S.ClH/c1-14(2,3)18-12-7-5-4-6-10(12)11-8-9-17-13(16)15-11;/h4-7,11H,8-9H2,1-3H3,(H,15,16);1H/t11-;/m1./s1. The summed E-state index contributed by atoms with van der Waals surface area (Å²) in [6.07, 6.45) is 0.509. The van der Waals surface area contributed by atoms with Gasteiger partial charge in [0.25, 0.3) is 0 Å². The van der Waals surface area contributed by atoms with Crippen LogP contribution >= 0.6 is 24.2 Å². The van der Waals surface area contributed by atoms with Crippen LogP contribution in [0, 0.1) is 0 Å². The molecule has 19 heavy (non-hydrogen) atoms. The van der Waals surface area contributed by atoms with E-state index >= 15 is 0 Å². The van der Waals surface area contributed by atoms with Crippen molar-refractivity contribution in [2.45, 2.75) is 42.9 Å². The molecule has 0 radical (unpaired) electrons. The van der Waals surface area contributed by atoms with Crippen molar-refractivity contribution in [3.05, 3.63) is 29.8 Å². The zero-order chi connectivity index (χ0) is 13.2. The molecule has 0 bridgehead atoms. The maximum atomic E-state index is 11.3. The summed E-state index contributed by atoms with van der Waals surface area (Å²) in [7, 11) is 0. The lowest BCUT2D eigenvalue weighted by atomic mass is 10.0. The summed E-state index contributed by atoms with van der Waals surface area (Å²) in [5.74, 6) is 0. The highest BCUT2D eigenvalue weighted by molar-refractivity contribution is 8.00. The Balaban J connectivity index is 0.00000180. The Hall–Kier alpha value is -0.870. The fourth-order valence-electron chi connectivity index (χ4n) is 1.95. The second kappa shape index (κ2) is 6.53. The number of hydrogen-bond acceptors (Lipinski definition) is 3. The second-order valence-electron chi connectivity index (χ2n) is 5.37. The summed E-state index contributed by atoms with van der Waals surface area (Å²) in [6, 6.07) is 8.33. The monoisotopic (exact) mass is 301 g/mol. The Labute approximate surface area is 124 Å². The molecule has 3 nitrogen and oxygen atoms in total. The number of cyclic esters (lactones) is 1. The summed E-state index contributed by atoms with van der Waals surface area (Å²) < 4.78 is 5.07. The van der Waals surface area contributed by atoms with Crippen molar-refractivity contribution >= 4 is 30.3 Å². The maximum absolute atomic E-state index is 11.3. The SMILES string of the molecule is CC(C)(C)Sc1ccccc1[C@H]1CCOC(=O)N1.Cl. The predicted molar refractivity (Wildman–Crippen MR) is 81.1 cm³/mol. The largest absolute Gasteiger partial charge is 0.449 e. The van der Waals surface area contributed by atoms with Crippen molar-refractivity contribution in [3.8, 4) is 0 Å². The minimum atomic E-state index is -0.318. The number of alkyl carbamates (subject to hydrolysis) is 1. The first-order valence-electron chi connectivity index (χ1n) is 6.17. The van der Waals surface area contributed by atoms with Crippen LogP contribution in [0.3, 0.4) is 0 Å². The first kappa shape index (κ1) is 16.2. The van der Waals surface area contributed by atoms with Crippen LogP contribution in [0.25, 0.3) is 0 Å². The quantitative estimate of drug-likeness (QED) is 0.833. The zero-order valence-electron chi connectivity index (χ0n) is 11.4. The molecule has 1 fully saturated rings. The van der Waals surface area contributed by atoms with Crippen molar-refractivity contribution in [2.24, 2.45) is 0 Å². The summed E-state index contributed by atoms with van der Waals surface area (Å²) >= 11 is 1.83. The molecule has 2 rings (SSSR count). The number of thioether (sulfide) groups is 1. The molecule has 5 heteroatoms. The fraction of sp³-hybridized carbons (Fsp3) is 0.500. The van der Waals surface area contributed by atoms with Crippen LogP contribution in [0.2, 0.25) is 0 Å². The highest BCUT2D eigenvalue weighted by Crippen LogP contribution is 2.37. The van der Waals surface area contributed by atoms with Crippen LogP contribution in [0.15, 0.2) is 29.2 Å². The molecule has 1 heterocycles. The van der Waals surface area contributed by atoms with Crippen molar-refractivity contribution in [3.63, 3.8) is 0 Å². The number of amides is 1. The van der Waals surface area contributed by atoms with E-state index in [0.717, 1.165) is 6.42 Å². The molecule has 0 aliphatic carbocycles. The Kier molecular flexibility index (Phi) is 5.56. The van der Waals surface area contributed by atoms with Crippen LogP contribution in [-0.2, 0) is 4.74 Å². The average molecular weight is 302 g/mol. The molecule has 0 spiro atoms. The van der Waals surface area contributed by atoms with Crippen molar-refractivity contribution in [2.75, 3.05) is 6.61 Å². The predicted octanol–water partition coefficient (Wildman–Crippen LogP) is 4.17. The zero-order valence-corrected chi connectivity index (χ0v) is 13.1. The summed E-state index contributed by atoms with van der Waals surface area (Å²) in [4.78, 5) is 12.5. The molecule has 1 aliphatic heterocycles. The van der Waals surface area contributed by atoms with Gasteiger partial charge in [-0.15, -0.1) is 24.2 Å². The lowest BCUT2D eigenvalue weighted by Crippen LogP contribution is -2.35. The van der Waals surface area contributed by atoms with E-state index in [-0.39, 0.29) is 29.3 Å². The minimum absolute atomic E-state index is 0. The van der Waals surface area contributed by atoms with E-state index in [1.54, 1.807) is 0 Å². The van der Waals surface area contributed by atoms with Gasteiger partial charge in [0.15, 0.2) is 0 Å². The van der Waals surface area contributed by atoms with Gasteiger partial charge >= 0.3 is 6.09 Å². The van der Waals surface area contributed by atoms with Crippen molar-refractivity contribution in [1.29, 1.82) is 0 Å². The van der Waals surface area contributed by atoms with Gasteiger partial charge < -0.3 is 10.1 Å². The third kappa shape index (κ3) is 4.62. The molecule has 1 aromatic rings. The molecule has 1 saturated heterocycles. The Bertz CT molecular complexity index is 445. The number of ether oxygens (including phenoxy) is 1. The molecule has 1 amide bonds. The van der Waals surface area contributed by atoms with Crippen molar-refractivity contribution in [1.82, 2.24) is 5.32 Å². The fourth-order valence-corrected chi connectivity index (χ4v) is 3.08. The van der Waals surface area contributed by atoms with Gasteiger partial charge in [-0.25, -0.2) is 4.79 Å². The number of benzene rings is 1. The molecule has 1 N–H and O–H groups in total.